The molecule has 2 aliphatic rings. The maximum absolute atomic E-state index is 13.7. The van der Waals surface area contributed by atoms with E-state index in [0.717, 1.165) is 25.2 Å². The molecular formula is C29H32N2O2. The molecule has 1 aliphatic heterocycles. The summed E-state index contributed by atoms with van der Waals surface area (Å²) in [4.78, 5) is 18.0. The fourth-order valence-electron chi connectivity index (χ4n) is 5.54. The molecule has 1 amide bonds. The van der Waals surface area contributed by atoms with Crippen LogP contribution in [0.2, 0.25) is 0 Å². The second-order valence-corrected chi connectivity index (χ2v) is 9.80. The normalized spacial score (nSPS) is 23.5. The molecule has 4 nitrogen and oxygen atoms in total. The van der Waals surface area contributed by atoms with E-state index in [-0.39, 0.29) is 5.91 Å². The Labute approximate surface area is 196 Å². The van der Waals surface area contributed by atoms with Gasteiger partial charge in [-0.05, 0) is 41.4 Å². The Hall–Kier alpha value is -2.95. The minimum absolute atomic E-state index is 0.260. The number of carbonyl (C=O) groups is 1. The van der Waals surface area contributed by atoms with E-state index >= 15 is 0 Å². The second-order valence-electron chi connectivity index (χ2n) is 9.80. The van der Waals surface area contributed by atoms with Gasteiger partial charge in [-0.25, -0.2) is 0 Å². The molecule has 3 aromatic rings. The van der Waals surface area contributed by atoms with Crippen LogP contribution in [-0.4, -0.2) is 47.5 Å². The molecule has 5 rings (SSSR count). The van der Waals surface area contributed by atoms with Gasteiger partial charge in [0.15, 0.2) is 5.60 Å². The number of amides is 1. The molecule has 1 heterocycles. The van der Waals surface area contributed by atoms with Crippen molar-refractivity contribution < 1.29 is 9.90 Å². The van der Waals surface area contributed by atoms with E-state index in [1.165, 1.54) is 5.56 Å². The first-order chi connectivity index (χ1) is 16.0. The summed E-state index contributed by atoms with van der Waals surface area (Å²) < 4.78 is 0. The Bertz CT molecular complexity index is 1090. The zero-order chi connectivity index (χ0) is 23.0. The molecule has 1 saturated heterocycles. The number of fused-ring (bicyclic) bond motifs is 1. The molecule has 0 bridgehead atoms. The van der Waals surface area contributed by atoms with Gasteiger partial charge in [0.25, 0.3) is 5.91 Å². The predicted molar refractivity (Wildman–Crippen MR) is 130 cm³/mol. The highest BCUT2D eigenvalue weighted by Gasteiger charge is 2.56. The van der Waals surface area contributed by atoms with E-state index in [1.807, 2.05) is 68.6 Å². The van der Waals surface area contributed by atoms with Crippen LogP contribution in [-0.2, 0) is 16.9 Å². The molecule has 3 atom stereocenters. The minimum Gasteiger partial charge on any atom is -0.372 e. The van der Waals surface area contributed by atoms with Crippen molar-refractivity contribution in [3.05, 3.63) is 107 Å². The highest BCUT2D eigenvalue weighted by Crippen LogP contribution is 2.52. The molecule has 1 aliphatic carbocycles. The van der Waals surface area contributed by atoms with Gasteiger partial charge in [0.2, 0.25) is 0 Å². The summed E-state index contributed by atoms with van der Waals surface area (Å²) in [6.45, 7) is 5.87. The van der Waals surface area contributed by atoms with Crippen molar-refractivity contribution in [1.29, 1.82) is 0 Å². The number of aliphatic hydroxyl groups is 1. The average molecular weight is 441 g/mol. The number of aryl methyl sites for hydroxylation is 1. The molecule has 0 spiro atoms. The highest BCUT2D eigenvalue weighted by atomic mass is 16.3. The van der Waals surface area contributed by atoms with Gasteiger partial charge in [0, 0.05) is 33.2 Å². The van der Waals surface area contributed by atoms with E-state index in [9.17, 15) is 9.90 Å². The van der Waals surface area contributed by atoms with Crippen molar-refractivity contribution >= 4 is 5.91 Å². The Morgan fingerprint density at radius 2 is 1.45 bits per heavy atom. The fourth-order valence-corrected chi connectivity index (χ4v) is 5.54. The van der Waals surface area contributed by atoms with Crippen LogP contribution in [0.4, 0.5) is 0 Å². The summed E-state index contributed by atoms with van der Waals surface area (Å²) in [7, 11) is 1.83. The van der Waals surface area contributed by atoms with Crippen molar-refractivity contribution in [3.63, 3.8) is 0 Å². The number of benzene rings is 3. The van der Waals surface area contributed by atoms with E-state index in [4.69, 9.17) is 0 Å². The molecule has 3 unspecified atom stereocenters. The summed E-state index contributed by atoms with van der Waals surface area (Å²) >= 11 is 0. The van der Waals surface area contributed by atoms with Gasteiger partial charge in [-0.15, -0.1) is 0 Å². The van der Waals surface area contributed by atoms with Crippen LogP contribution in [0.5, 0.6) is 0 Å². The van der Waals surface area contributed by atoms with Crippen molar-refractivity contribution in [2.75, 3.05) is 26.7 Å². The van der Waals surface area contributed by atoms with E-state index in [0.29, 0.717) is 35.4 Å². The van der Waals surface area contributed by atoms with Gasteiger partial charge in [-0.2, -0.15) is 0 Å². The van der Waals surface area contributed by atoms with Crippen LogP contribution >= 0.6 is 0 Å². The highest BCUT2D eigenvalue weighted by molar-refractivity contribution is 5.90. The molecule has 2 fully saturated rings. The van der Waals surface area contributed by atoms with Crippen molar-refractivity contribution in [2.24, 2.45) is 17.8 Å². The van der Waals surface area contributed by atoms with Crippen LogP contribution in [0.3, 0.4) is 0 Å². The molecular weight excluding hydrogens is 408 g/mol. The van der Waals surface area contributed by atoms with Gasteiger partial charge in [-0.3, -0.25) is 9.69 Å². The molecule has 3 aromatic carbocycles. The molecule has 1 saturated carbocycles. The number of likely N-dealkylation sites (N-methyl/N-ethyl adjacent to an activating group) is 1. The zero-order valence-corrected chi connectivity index (χ0v) is 19.4. The molecule has 33 heavy (non-hydrogen) atoms. The lowest BCUT2D eigenvalue weighted by Crippen LogP contribution is -2.47. The van der Waals surface area contributed by atoms with Gasteiger partial charge in [0.1, 0.15) is 0 Å². The lowest BCUT2D eigenvalue weighted by atomic mass is 9.84. The number of hydrogen-bond donors (Lipinski definition) is 1. The third-order valence-corrected chi connectivity index (χ3v) is 7.50. The average Bonchev–Trinajstić information content (AvgIpc) is 3.28. The predicted octanol–water partition coefficient (Wildman–Crippen LogP) is 4.07. The van der Waals surface area contributed by atoms with Crippen molar-refractivity contribution in [1.82, 2.24) is 9.80 Å². The van der Waals surface area contributed by atoms with E-state index < -0.39 is 5.60 Å². The Balaban J connectivity index is 1.27. The number of hydrogen-bond acceptors (Lipinski definition) is 3. The standard InChI is InChI=1S/C29H32N2O2/c1-21-13-15-24(16-14-21)29(33,23-11-7-4-8-12-23)28(32)30(2)18-25-26-19-31(20-27(25)26)17-22-9-5-3-6-10-22/h3-16,25-27,33H,17-20H2,1-2H3. The largest absolute Gasteiger partial charge is 0.372 e. The van der Waals surface area contributed by atoms with Crippen LogP contribution in [0, 0.1) is 24.7 Å². The van der Waals surface area contributed by atoms with Gasteiger partial charge in [0.05, 0.1) is 0 Å². The summed E-state index contributed by atoms with van der Waals surface area (Å²) in [5.74, 6) is 1.55. The fraction of sp³-hybridized carbons (Fsp3) is 0.345. The van der Waals surface area contributed by atoms with E-state index in [2.05, 4.69) is 35.2 Å². The second kappa shape index (κ2) is 8.77. The smallest absolute Gasteiger partial charge is 0.263 e. The summed E-state index contributed by atoms with van der Waals surface area (Å²) in [5, 5.41) is 11.8. The number of rotatable bonds is 7. The topological polar surface area (TPSA) is 43.8 Å². The maximum Gasteiger partial charge on any atom is 0.263 e. The molecule has 0 radical (unpaired) electrons. The number of likely N-dealkylation sites (tertiary alicyclic amines) is 1. The van der Waals surface area contributed by atoms with Crippen molar-refractivity contribution in [3.8, 4) is 0 Å². The van der Waals surface area contributed by atoms with Crippen LogP contribution in [0.25, 0.3) is 0 Å². The maximum atomic E-state index is 13.7. The molecule has 4 heteroatoms. The first-order valence-electron chi connectivity index (χ1n) is 11.8. The van der Waals surface area contributed by atoms with Crippen LogP contribution in [0.1, 0.15) is 22.3 Å². The first-order valence-corrected chi connectivity index (χ1v) is 11.8. The van der Waals surface area contributed by atoms with Gasteiger partial charge < -0.3 is 10.0 Å². The lowest BCUT2D eigenvalue weighted by Gasteiger charge is -2.33. The van der Waals surface area contributed by atoms with E-state index in [1.54, 1.807) is 4.90 Å². The number of carbonyl (C=O) groups excluding carboxylic acids is 1. The third-order valence-electron chi connectivity index (χ3n) is 7.50. The van der Waals surface area contributed by atoms with Crippen LogP contribution in [0.15, 0.2) is 84.9 Å². The number of piperidine rings is 1. The first kappa shape index (κ1) is 21.9. The Morgan fingerprint density at radius 1 is 0.909 bits per heavy atom. The summed E-state index contributed by atoms with van der Waals surface area (Å²) in [6, 6.07) is 27.5. The quantitative estimate of drug-likeness (QED) is 0.602. The minimum atomic E-state index is -1.69. The van der Waals surface area contributed by atoms with Gasteiger partial charge >= 0.3 is 0 Å². The monoisotopic (exact) mass is 440 g/mol. The molecule has 0 aromatic heterocycles. The summed E-state index contributed by atoms with van der Waals surface area (Å²) in [5.41, 5.74) is 1.99. The Morgan fingerprint density at radius 3 is 2.06 bits per heavy atom. The summed E-state index contributed by atoms with van der Waals surface area (Å²) in [6.07, 6.45) is 0. The van der Waals surface area contributed by atoms with Crippen molar-refractivity contribution in [2.45, 2.75) is 19.1 Å². The Kier molecular flexibility index (Phi) is 5.81. The third kappa shape index (κ3) is 4.21. The van der Waals surface area contributed by atoms with Crippen LogP contribution < -0.4 is 0 Å². The molecule has 1 N–H and O–H groups in total. The SMILES string of the molecule is Cc1ccc(C(O)(C(=O)N(C)CC2C3CN(Cc4ccccc4)CC32)c2ccccc2)cc1. The number of nitrogens with zero attached hydrogens (tertiary/aromatic N) is 2. The zero-order valence-electron chi connectivity index (χ0n) is 19.4. The lowest BCUT2D eigenvalue weighted by molar-refractivity contribution is -0.147. The molecule has 170 valence electrons. The van der Waals surface area contributed by atoms with Gasteiger partial charge in [-0.1, -0.05) is 90.5 Å².